The van der Waals surface area contributed by atoms with Gasteiger partial charge >= 0.3 is 0 Å². The molecule has 0 aliphatic carbocycles. The van der Waals surface area contributed by atoms with Crippen LogP contribution in [0.2, 0.25) is 18.6 Å². The van der Waals surface area contributed by atoms with Crippen molar-refractivity contribution in [3.8, 4) is 11.5 Å². The number of hydrogen-bond donors (Lipinski definition) is 2. The van der Waals surface area contributed by atoms with Crippen LogP contribution in [0.15, 0.2) is 66.7 Å². The Morgan fingerprint density at radius 2 is 1.71 bits per heavy atom. The molecular weight excluding hydrogens is 646 g/mol. The maximum Gasteiger partial charge on any atom is 0.264 e. The Kier molecular flexibility index (Phi) is 9.58. The van der Waals surface area contributed by atoms with E-state index in [9.17, 15) is 19.5 Å². The Morgan fingerprint density at radius 1 is 1.04 bits per heavy atom. The van der Waals surface area contributed by atoms with Gasteiger partial charge in [0.1, 0.15) is 11.5 Å². The molecule has 5 atom stereocenters. The molecule has 10 nitrogen and oxygen atoms in total. The Morgan fingerprint density at radius 3 is 2.35 bits per heavy atom. The summed E-state index contributed by atoms with van der Waals surface area (Å²) in [6.07, 6.45) is 0.638. The third-order valence-electron chi connectivity index (χ3n) is 10.4. The second-order valence-corrected chi connectivity index (χ2v) is 17.5. The summed E-state index contributed by atoms with van der Waals surface area (Å²) in [7, 11) is -0.369. The molecule has 2 saturated heterocycles. The van der Waals surface area contributed by atoms with Crippen molar-refractivity contribution >= 4 is 37.5 Å². The van der Waals surface area contributed by atoms with Crippen LogP contribution in [-0.2, 0) is 26.5 Å². The molecule has 0 bridgehead atoms. The smallest absolute Gasteiger partial charge is 0.264 e. The lowest BCUT2D eigenvalue weighted by atomic mass is 9.82. The van der Waals surface area contributed by atoms with Gasteiger partial charge in [0.05, 0.1) is 51.6 Å². The van der Waals surface area contributed by atoms with Gasteiger partial charge in [-0.1, -0.05) is 19.1 Å². The van der Waals surface area contributed by atoms with Crippen molar-refractivity contribution in [1.29, 1.82) is 0 Å². The van der Waals surface area contributed by atoms with Crippen molar-refractivity contribution in [2.75, 3.05) is 37.6 Å². The van der Waals surface area contributed by atoms with E-state index in [-0.39, 0.29) is 43.3 Å². The molecule has 3 aliphatic heterocycles. The van der Waals surface area contributed by atoms with Crippen LogP contribution >= 0.6 is 0 Å². The minimum atomic E-state index is -3.48. The van der Waals surface area contributed by atoms with Crippen molar-refractivity contribution in [3.05, 3.63) is 83.4 Å². The summed E-state index contributed by atoms with van der Waals surface area (Å²) in [6.45, 7) is 5.70. The normalized spacial score (nSPS) is 24.8. The van der Waals surface area contributed by atoms with Gasteiger partial charge in [0.15, 0.2) is 5.60 Å². The summed E-state index contributed by atoms with van der Waals surface area (Å²) >= 11 is 0. The van der Waals surface area contributed by atoms with Crippen LogP contribution in [0.4, 0.5) is 15.5 Å². The highest BCUT2D eigenvalue weighted by molar-refractivity contribution is 6.72. The second kappa shape index (κ2) is 13.6. The maximum atomic E-state index is 16.3. The molecule has 12 heteroatoms. The molecule has 0 aromatic heterocycles. The van der Waals surface area contributed by atoms with Gasteiger partial charge < -0.3 is 38.5 Å². The number of aliphatic hydroxyl groups excluding tert-OH is 1. The first kappa shape index (κ1) is 34.6. The molecule has 0 unspecified atom stereocenters. The van der Waals surface area contributed by atoms with E-state index < -0.39 is 31.6 Å². The standard InChI is InChI=1S/C37H44FN3O7Si/c1-23-34(49(4,5)38)32(20-33(43)40-18-6-7-27(40)22-42)48-37(23)30-19-29(47-3)16-17-31(30)41(36(37)45)21-24-8-12-26(13-9-24)39-35(44)25-10-14-28(46-2)15-11-25/h8-17,19,23,27,32,34,42H,6-7,18,20-22H2,1-5H3,(H,39,44)/t23-,27-,32+,34-,37+/m0/s1. The zero-order valence-electron chi connectivity index (χ0n) is 28.6. The lowest BCUT2D eigenvalue weighted by Gasteiger charge is -2.31. The van der Waals surface area contributed by atoms with Crippen LogP contribution in [0.3, 0.4) is 0 Å². The van der Waals surface area contributed by atoms with Gasteiger partial charge in [0, 0.05) is 34.8 Å². The second-order valence-electron chi connectivity index (χ2n) is 13.7. The van der Waals surface area contributed by atoms with Gasteiger partial charge in [-0.3, -0.25) is 14.4 Å². The van der Waals surface area contributed by atoms with Crippen LogP contribution in [0, 0.1) is 5.92 Å². The molecule has 0 radical (unpaired) electrons. The number of likely N-dealkylation sites (tertiary alicyclic amines) is 1. The van der Waals surface area contributed by atoms with Crippen molar-refractivity contribution in [1.82, 2.24) is 4.90 Å². The van der Waals surface area contributed by atoms with Crippen molar-refractivity contribution in [2.45, 2.75) is 69.1 Å². The van der Waals surface area contributed by atoms with Crippen LogP contribution < -0.4 is 19.7 Å². The number of aliphatic hydroxyl groups is 1. The third-order valence-corrected chi connectivity index (χ3v) is 12.8. The van der Waals surface area contributed by atoms with Crippen LogP contribution in [0.5, 0.6) is 11.5 Å². The average Bonchev–Trinajstić information content (AvgIpc) is 3.75. The Hall–Kier alpha value is -4.26. The van der Waals surface area contributed by atoms with E-state index in [4.69, 9.17) is 14.2 Å². The SMILES string of the molecule is COc1ccc(C(=O)Nc2ccc(CN3C(=O)[C@]4(O[C@H](CC(=O)N5CCC[C@H]5CO)[C@@H]([Si](C)(C)F)[C@@H]4C)c4cc(OC)ccc43)cc2)cc1. The number of nitrogens with zero attached hydrogens (tertiary/aromatic N) is 2. The van der Waals surface area contributed by atoms with Crippen LogP contribution in [0.1, 0.15) is 47.7 Å². The average molecular weight is 690 g/mol. The van der Waals surface area contributed by atoms with Gasteiger partial charge in [0.2, 0.25) is 14.3 Å². The largest absolute Gasteiger partial charge is 0.497 e. The van der Waals surface area contributed by atoms with Gasteiger partial charge in [-0.25, -0.2) is 0 Å². The first-order valence-electron chi connectivity index (χ1n) is 16.7. The summed E-state index contributed by atoms with van der Waals surface area (Å²) in [5.74, 6) is -0.140. The Bertz CT molecular complexity index is 1710. The van der Waals surface area contributed by atoms with Gasteiger partial charge in [-0.05, 0) is 86.1 Å². The minimum absolute atomic E-state index is 0.0656. The number of amides is 3. The summed E-state index contributed by atoms with van der Waals surface area (Å²) in [5, 5.41) is 12.7. The minimum Gasteiger partial charge on any atom is -0.497 e. The molecule has 3 aliphatic rings. The molecule has 0 saturated carbocycles. The van der Waals surface area contributed by atoms with Crippen LogP contribution in [-0.4, -0.2) is 75.7 Å². The highest BCUT2D eigenvalue weighted by Gasteiger charge is 2.67. The molecule has 3 aromatic rings. The Labute approximate surface area is 287 Å². The first-order chi connectivity index (χ1) is 23.4. The number of hydrogen-bond acceptors (Lipinski definition) is 7. The first-order valence-corrected chi connectivity index (χ1v) is 19.7. The van der Waals surface area contributed by atoms with E-state index in [1.54, 1.807) is 85.6 Å². The number of halogens is 1. The number of nitrogens with one attached hydrogen (secondary N) is 1. The molecule has 49 heavy (non-hydrogen) atoms. The van der Waals surface area contributed by atoms with Gasteiger partial charge in [0.25, 0.3) is 11.8 Å². The highest BCUT2D eigenvalue weighted by Crippen LogP contribution is 2.60. The number of ether oxygens (including phenoxy) is 3. The maximum absolute atomic E-state index is 16.3. The zero-order chi connectivity index (χ0) is 35.1. The number of anilines is 2. The zero-order valence-corrected chi connectivity index (χ0v) is 29.6. The fourth-order valence-electron chi connectivity index (χ4n) is 7.98. The highest BCUT2D eigenvalue weighted by atomic mass is 28.4. The number of carbonyl (C=O) groups is 3. The summed E-state index contributed by atoms with van der Waals surface area (Å²) < 4.78 is 33.8. The van der Waals surface area contributed by atoms with E-state index in [1.807, 2.05) is 25.1 Å². The van der Waals surface area contributed by atoms with Gasteiger partial charge in [-0.2, -0.15) is 0 Å². The van der Waals surface area contributed by atoms with Crippen molar-refractivity contribution in [2.24, 2.45) is 5.92 Å². The van der Waals surface area contributed by atoms with E-state index >= 15 is 4.11 Å². The lowest BCUT2D eigenvalue weighted by molar-refractivity contribution is -0.150. The van der Waals surface area contributed by atoms with E-state index in [0.717, 1.165) is 18.4 Å². The predicted molar refractivity (Wildman–Crippen MR) is 186 cm³/mol. The molecule has 1 spiro atoms. The summed E-state index contributed by atoms with van der Waals surface area (Å²) in [6, 6.07) is 19.2. The Balaban J connectivity index is 1.27. The molecule has 260 valence electrons. The molecule has 2 fully saturated rings. The summed E-state index contributed by atoms with van der Waals surface area (Å²) in [5.41, 5.74) is 0.985. The number of fused-ring (bicyclic) bond motifs is 2. The topological polar surface area (TPSA) is 118 Å². The van der Waals surface area contributed by atoms with Gasteiger partial charge in [-0.15, -0.1) is 0 Å². The number of rotatable bonds is 10. The third kappa shape index (κ3) is 6.33. The number of methoxy groups -OCH3 is 2. The molecular formula is C37H44FN3O7Si. The van der Waals surface area contributed by atoms with E-state index in [2.05, 4.69) is 5.32 Å². The predicted octanol–water partition coefficient (Wildman–Crippen LogP) is 5.65. The molecule has 6 rings (SSSR count). The number of carbonyl (C=O) groups excluding carboxylic acids is 3. The fraction of sp³-hybridized carbons (Fsp3) is 0.432. The lowest BCUT2D eigenvalue weighted by Crippen LogP contribution is -2.45. The van der Waals surface area contributed by atoms with Crippen molar-refractivity contribution in [3.63, 3.8) is 0 Å². The summed E-state index contributed by atoms with van der Waals surface area (Å²) in [4.78, 5) is 44.4. The molecule has 3 amide bonds. The fourth-order valence-corrected chi connectivity index (χ4v) is 10.5. The van der Waals surface area contributed by atoms with Crippen LogP contribution in [0.25, 0.3) is 0 Å². The van der Waals surface area contributed by atoms with E-state index in [1.165, 1.54) is 0 Å². The molecule has 3 heterocycles. The molecule has 2 N–H and O–H groups in total. The van der Waals surface area contributed by atoms with Crippen molar-refractivity contribution < 1.29 is 37.8 Å². The monoisotopic (exact) mass is 689 g/mol. The molecule has 3 aromatic carbocycles. The van der Waals surface area contributed by atoms with E-state index in [0.29, 0.717) is 40.5 Å². The quantitative estimate of drug-likeness (QED) is 0.209. The number of benzene rings is 3.